The molecule has 0 spiro atoms. The number of H-pyrrole nitrogens is 1. The summed E-state index contributed by atoms with van der Waals surface area (Å²) in [5, 5.41) is 15.6. The minimum atomic E-state index is -0.111. The highest BCUT2D eigenvalue weighted by molar-refractivity contribution is 5.93. The van der Waals surface area contributed by atoms with E-state index >= 15 is 0 Å². The van der Waals surface area contributed by atoms with Crippen LogP contribution in [-0.2, 0) is 0 Å². The van der Waals surface area contributed by atoms with Gasteiger partial charge in [-0.2, -0.15) is 9.78 Å². The fourth-order valence-corrected chi connectivity index (χ4v) is 2.92. The van der Waals surface area contributed by atoms with E-state index in [9.17, 15) is 0 Å². The molecule has 0 unspecified atom stereocenters. The van der Waals surface area contributed by atoms with Gasteiger partial charge in [-0.3, -0.25) is 5.10 Å². The van der Waals surface area contributed by atoms with Gasteiger partial charge in [0, 0.05) is 34.8 Å². The fourth-order valence-electron chi connectivity index (χ4n) is 2.92. The number of aromatic amines is 1. The summed E-state index contributed by atoms with van der Waals surface area (Å²) >= 11 is 0. The molecule has 0 aliphatic heterocycles. The third kappa shape index (κ3) is 4.06. The molecule has 0 saturated heterocycles. The molecule has 0 atom stereocenters. The quantitative estimate of drug-likeness (QED) is 0.457. The molecule has 0 amide bonds. The second-order valence-corrected chi connectivity index (χ2v) is 8.01. The number of pyridine rings is 1. The molecule has 7 nitrogen and oxygen atoms in total. The molecule has 4 rings (SSSR count). The number of fused-ring (bicyclic) bond motifs is 1. The van der Waals surface area contributed by atoms with Crippen LogP contribution in [0.3, 0.4) is 0 Å². The molecule has 0 saturated carbocycles. The highest BCUT2D eigenvalue weighted by atomic mass is 15.3. The van der Waals surface area contributed by atoms with Crippen molar-refractivity contribution in [2.45, 2.75) is 27.7 Å². The van der Waals surface area contributed by atoms with Gasteiger partial charge in [-0.25, -0.2) is 4.98 Å². The summed E-state index contributed by atoms with van der Waals surface area (Å²) < 4.78 is 1.65. The van der Waals surface area contributed by atoms with Gasteiger partial charge in [0.05, 0.1) is 5.52 Å². The average molecular weight is 385 g/mol. The lowest BCUT2D eigenvalue weighted by molar-refractivity contribution is 0.569. The number of aromatic nitrogens is 5. The van der Waals surface area contributed by atoms with E-state index in [-0.39, 0.29) is 5.41 Å². The summed E-state index contributed by atoms with van der Waals surface area (Å²) in [5.74, 6) is 5.10. The zero-order valence-electron chi connectivity index (χ0n) is 16.9. The van der Waals surface area contributed by atoms with E-state index in [0.29, 0.717) is 11.6 Å². The summed E-state index contributed by atoms with van der Waals surface area (Å²) in [5.41, 5.74) is 9.97. The molecule has 3 aromatic heterocycles. The van der Waals surface area contributed by atoms with Crippen molar-refractivity contribution in [1.82, 2.24) is 25.0 Å². The zero-order valence-corrected chi connectivity index (χ0v) is 16.9. The summed E-state index contributed by atoms with van der Waals surface area (Å²) in [6, 6.07) is 15.0. The van der Waals surface area contributed by atoms with Gasteiger partial charge >= 0.3 is 0 Å². The Morgan fingerprint density at radius 1 is 1.07 bits per heavy atom. The molecule has 0 fully saturated rings. The van der Waals surface area contributed by atoms with Crippen molar-refractivity contribution < 1.29 is 0 Å². The van der Waals surface area contributed by atoms with Gasteiger partial charge in [0.1, 0.15) is 5.82 Å². The first-order valence-electron chi connectivity index (χ1n) is 9.35. The first-order chi connectivity index (χ1) is 13.8. The Morgan fingerprint density at radius 3 is 2.59 bits per heavy atom. The van der Waals surface area contributed by atoms with Crippen LogP contribution in [0, 0.1) is 24.3 Å². The van der Waals surface area contributed by atoms with E-state index in [1.165, 1.54) is 0 Å². The van der Waals surface area contributed by atoms with Gasteiger partial charge in [0.25, 0.3) is 0 Å². The highest BCUT2D eigenvalue weighted by Crippen LogP contribution is 2.29. The molecule has 29 heavy (non-hydrogen) atoms. The smallest absolute Gasteiger partial charge is 0.154 e. The lowest BCUT2D eigenvalue weighted by Gasteiger charge is -2.07. The maximum Gasteiger partial charge on any atom is 0.154 e. The average Bonchev–Trinajstić information content (AvgIpc) is 3.22. The number of anilines is 3. The number of nitrogens with zero attached hydrogens (tertiary/aromatic N) is 4. The number of nitrogens with one attached hydrogen (secondary N) is 2. The van der Waals surface area contributed by atoms with Gasteiger partial charge in [0.15, 0.2) is 11.6 Å². The number of nitrogens with two attached hydrogens (primary N) is 1. The Bertz CT molecular complexity index is 1250. The van der Waals surface area contributed by atoms with Crippen LogP contribution in [-0.4, -0.2) is 25.0 Å². The van der Waals surface area contributed by atoms with Crippen molar-refractivity contribution in [2.24, 2.45) is 5.41 Å². The molecule has 7 heteroatoms. The lowest BCUT2D eigenvalue weighted by atomic mass is 9.99. The molecule has 4 N–H and O–H groups in total. The van der Waals surface area contributed by atoms with E-state index in [1.54, 1.807) is 10.9 Å². The Kier molecular flexibility index (Phi) is 4.47. The first-order valence-corrected chi connectivity index (χ1v) is 9.35. The van der Waals surface area contributed by atoms with E-state index in [1.807, 2.05) is 43.3 Å². The van der Waals surface area contributed by atoms with Crippen molar-refractivity contribution in [3.05, 3.63) is 48.3 Å². The van der Waals surface area contributed by atoms with Gasteiger partial charge in [-0.15, -0.1) is 5.10 Å². The third-order valence-electron chi connectivity index (χ3n) is 4.30. The molecule has 4 aromatic rings. The van der Waals surface area contributed by atoms with Crippen LogP contribution in [0.1, 0.15) is 26.5 Å². The van der Waals surface area contributed by atoms with Crippen LogP contribution >= 0.6 is 0 Å². The topological polar surface area (TPSA) is 97.4 Å². The Hall–Kier alpha value is -3.79. The predicted molar refractivity (Wildman–Crippen MR) is 117 cm³/mol. The summed E-state index contributed by atoms with van der Waals surface area (Å²) in [6.45, 7) is 8.14. The standard InChI is InChI=1S/C22H23N7/c1-14-11-20(27-26-14)25-19-13-16(7-9-24-19)15-5-6-18-17(12-15)21(23)28-29(18)10-8-22(2,3)4/h5-7,9,11-13H,1-4H3,(H2,23,28)(H2,24,25,26,27). The second-order valence-electron chi connectivity index (χ2n) is 8.01. The lowest BCUT2D eigenvalue weighted by Crippen LogP contribution is -2.02. The van der Waals surface area contributed by atoms with Gasteiger partial charge in [-0.1, -0.05) is 12.0 Å². The van der Waals surface area contributed by atoms with E-state index in [0.717, 1.165) is 33.5 Å². The molecular formula is C22H23N7. The Morgan fingerprint density at radius 2 is 1.86 bits per heavy atom. The van der Waals surface area contributed by atoms with Crippen LogP contribution < -0.4 is 11.1 Å². The summed E-state index contributed by atoms with van der Waals surface area (Å²) in [6.07, 6.45) is 1.77. The summed E-state index contributed by atoms with van der Waals surface area (Å²) in [7, 11) is 0. The SMILES string of the molecule is Cc1cc(Nc2cc(-c3ccc4c(c3)c(N)nn4C#CC(C)(C)C)ccn2)n[nH]1. The van der Waals surface area contributed by atoms with Crippen LogP contribution in [0.4, 0.5) is 17.5 Å². The molecule has 146 valence electrons. The largest absolute Gasteiger partial charge is 0.382 e. The van der Waals surface area contributed by atoms with Gasteiger partial charge < -0.3 is 11.1 Å². The third-order valence-corrected chi connectivity index (χ3v) is 4.30. The van der Waals surface area contributed by atoms with Gasteiger partial charge in [0.2, 0.25) is 0 Å². The van der Waals surface area contributed by atoms with E-state index in [4.69, 9.17) is 5.73 Å². The number of rotatable bonds is 3. The monoisotopic (exact) mass is 385 g/mol. The van der Waals surface area contributed by atoms with Crippen LogP contribution in [0.5, 0.6) is 0 Å². The number of benzene rings is 1. The molecule has 0 bridgehead atoms. The van der Waals surface area contributed by atoms with Crippen molar-refractivity contribution in [3.8, 4) is 23.1 Å². The minimum absolute atomic E-state index is 0.111. The van der Waals surface area contributed by atoms with Crippen LogP contribution in [0.2, 0.25) is 0 Å². The van der Waals surface area contributed by atoms with Crippen molar-refractivity contribution in [1.29, 1.82) is 0 Å². The molecule has 3 heterocycles. The molecule has 1 aromatic carbocycles. The maximum absolute atomic E-state index is 6.16. The highest BCUT2D eigenvalue weighted by Gasteiger charge is 2.11. The maximum atomic E-state index is 6.16. The van der Waals surface area contributed by atoms with Gasteiger partial charge in [-0.05, 0) is 63.1 Å². The van der Waals surface area contributed by atoms with E-state index < -0.39 is 0 Å². The number of aryl methyl sites for hydroxylation is 1. The normalized spacial score (nSPS) is 11.3. The molecule has 0 aliphatic rings. The number of nitrogen functional groups attached to an aromatic ring is 1. The fraction of sp³-hybridized carbons (Fsp3) is 0.227. The van der Waals surface area contributed by atoms with Crippen molar-refractivity contribution in [2.75, 3.05) is 11.1 Å². The zero-order chi connectivity index (χ0) is 20.6. The Labute approximate surface area is 169 Å². The molecule has 0 radical (unpaired) electrons. The predicted octanol–water partition coefficient (Wildman–Crippen LogP) is 4.31. The van der Waals surface area contributed by atoms with Crippen molar-refractivity contribution >= 4 is 28.4 Å². The minimum Gasteiger partial charge on any atom is -0.382 e. The Balaban J connectivity index is 1.69. The van der Waals surface area contributed by atoms with Crippen LogP contribution in [0.25, 0.3) is 22.0 Å². The summed E-state index contributed by atoms with van der Waals surface area (Å²) in [4.78, 5) is 4.38. The van der Waals surface area contributed by atoms with Crippen LogP contribution in [0.15, 0.2) is 42.6 Å². The number of hydrogen-bond acceptors (Lipinski definition) is 5. The van der Waals surface area contributed by atoms with Crippen molar-refractivity contribution in [3.63, 3.8) is 0 Å². The number of hydrogen-bond donors (Lipinski definition) is 3. The molecule has 0 aliphatic carbocycles. The second kappa shape index (κ2) is 6.99. The van der Waals surface area contributed by atoms with E-state index in [2.05, 4.69) is 58.3 Å². The molecular weight excluding hydrogens is 362 g/mol. The first kappa shape index (κ1) is 18.6.